The van der Waals surface area contributed by atoms with E-state index in [4.69, 9.17) is 4.42 Å². The van der Waals surface area contributed by atoms with E-state index < -0.39 is 0 Å². The molecule has 0 radical (unpaired) electrons. The van der Waals surface area contributed by atoms with Crippen molar-refractivity contribution in [2.75, 3.05) is 5.32 Å². The van der Waals surface area contributed by atoms with Gasteiger partial charge >= 0.3 is 0 Å². The Morgan fingerprint density at radius 3 is 2.88 bits per heavy atom. The number of oxazole rings is 1. The molecule has 0 saturated carbocycles. The van der Waals surface area contributed by atoms with Crippen LogP contribution in [-0.2, 0) is 11.2 Å². The van der Waals surface area contributed by atoms with Gasteiger partial charge in [-0.2, -0.15) is 5.10 Å². The van der Waals surface area contributed by atoms with Crippen molar-refractivity contribution in [2.45, 2.75) is 19.8 Å². The molecule has 0 aliphatic carbocycles. The van der Waals surface area contributed by atoms with E-state index in [-0.39, 0.29) is 5.91 Å². The molecule has 4 aromatic rings. The molecule has 6 heteroatoms. The number of hydrogen-bond acceptors (Lipinski definition) is 4. The summed E-state index contributed by atoms with van der Waals surface area (Å²) in [6.07, 6.45) is 4.76. The van der Waals surface area contributed by atoms with E-state index >= 15 is 0 Å². The summed E-state index contributed by atoms with van der Waals surface area (Å²) in [7, 11) is 0. The molecule has 0 aliphatic rings. The molecule has 0 bridgehead atoms. The van der Waals surface area contributed by atoms with Crippen LogP contribution >= 0.6 is 0 Å². The Hall–Kier alpha value is -3.41. The van der Waals surface area contributed by atoms with Crippen LogP contribution in [0.2, 0.25) is 0 Å². The van der Waals surface area contributed by atoms with E-state index in [0.717, 1.165) is 16.8 Å². The van der Waals surface area contributed by atoms with Crippen LogP contribution in [0.4, 0.5) is 5.69 Å². The lowest BCUT2D eigenvalue weighted by molar-refractivity contribution is -0.116. The quantitative estimate of drug-likeness (QED) is 0.595. The Morgan fingerprint density at radius 1 is 1.19 bits per heavy atom. The summed E-state index contributed by atoms with van der Waals surface area (Å²) in [6.45, 7) is 1.80. The Kier molecular flexibility index (Phi) is 4.23. The normalized spacial score (nSPS) is 11.0. The zero-order chi connectivity index (χ0) is 17.9. The van der Waals surface area contributed by atoms with E-state index in [0.29, 0.717) is 30.0 Å². The van der Waals surface area contributed by atoms with Crippen molar-refractivity contribution in [3.8, 4) is 5.69 Å². The van der Waals surface area contributed by atoms with Crippen LogP contribution in [0.15, 0.2) is 65.3 Å². The molecule has 2 aromatic heterocycles. The molecule has 6 nitrogen and oxygen atoms in total. The van der Waals surface area contributed by atoms with E-state index in [1.54, 1.807) is 19.2 Å². The Balaban J connectivity index is 1.37. The smallest absolute Gasteiger partial charge is 0.224 e. The molecule has 0 spiro atoms. The lowest BCUT2D eigenvalue weighted by Gasteiger charge is -2.04. The number of anilines is 1. The van der Waals surface area contributed by atoms with Crippen molar-refractivity contribution in [1.29, 1.82) is 0 Å². The topological polar surface area (TPSA) is 73.0 Å². The van der Waals surface area contributed by atoms with Gasteiger partial charge in [0.1, 0.15) is 5.52 Å². The van der Waals surface area contributed by atoms with Gasteiger partial charge in [-0.1, -0.05) is 18.2 Å². The van der Waals surface area contributed by atoms with Crippen LogP contribution in [-0.4, -0.2) is 20.7 Å². The number of aryl methyl sites for hydroxylation is 2. The SMILES string of the molecule is Cc1nc2ccc(NC(=O)CCc3cnn(-c4ccccc4)c3)cc2o1. The summed E-state index contributed by atoms with van der Waals surface area (Å²) in [5.41, 5.74) is 4.18. The Labute approximate surface area is 150 Å². The molecule has 2 heterocycles. The Morgan fingerprint density at radius 2 is 2.04 bits per heavy atom. The second kappa shape index (κ2) is 6.84. The number of fused-ring (bicyclic) bond motifs is 1. The third-order valence-corrected chi connectivity index (χ3v) is 4.08. The molecular formula is C20H18N4O2. The van der Waals surface area contributed by atoms with Gasteiger partial charge in [0.2, 0.25) is 5.91 Å². The molecule has 0 unspecified atom stereocenters. The molecule has 4 rings (SSSR count). The van der Waals surface area contributed by atoms with Gasteiger partial charge in [0.15, 0.2) is 11.5 Å². The van der Waals surface area contributed by atoms with Gasteiger partial charge in [-0.3, -0.25) is 4.79 Å². The molecule has 2 aromatic carbocycles. The first-order chi connectivity index (χ1) is 12.7. The van der Waals surface area contributed by atoms with Gasteiger partial charge in [-0.25, -0.2) is 9.67 Å². The summed E-state index contributed by atoms with van der Waals surface area (Å²) in [6, 6.07) is 15.3. The summed E-state index contributed by atoms with van der Waals surface area (Å²) in [5.74, 6) is 0.562. The fourth-order valence-corrected chi connectivity index (χ4v) is 2.81. The number of nitrogens with zero attached hydrogens (tertiary/aromatic N) is 3. The molecule has 26 heavy (non-hydrogen) atoms. The van der Waals surface area contributed by atoms with Crippen molar-refractivity contribution in [3.63, 3.8) is 0 Å². The maximum Gasteiger partial charge on any atom is 0.224 e. The third kappa shape index (κ3) is 3.49. The van der Waals surface area contributed by atoms with Crippen molar-refractivity contribution in [1.82, 2.24) is 14.8 Å². The van der Waals surface area contributed by atoms with Gasteiger partial charge < -0.3 is 9.73 Å². The minimum atomic E-state index is -0.0481. The second-order valence-electron chi connectivity index (χ2n) is 6.09. The first kappa shape index (κ1) is 16.1. The number of nitrogens with one attached hydrogen (secondary N) is 1. The highest BCUT2D eigenvalue weighted by molar-refractivity contribution is 5.92. The number of aromatic nitrogens is 3. The number of benzene rings is 2. The molecule has 0 fully saturated rings. The van der Waals surface area contributed by atoms with E-state index in [1.165, 1.54) is 0 Å². The zero-order valence-corrected chi connectivity index (χ0v) is 14.3. The Bertz CT molecular complexity index is 1050. The molecule has 0 aliphatic heterocycles. The largest absolute Gasteiger partial charge is 0.441 e. The van der Waals surface area contributed by atoms with E-state index in [9.17, 15) is 4.79 Å². The number of carbonyl (C=O) groups is 1. The molecule has 130 valence electrons. The molecule has 0 atom stereocenters. The van der Waals surface area contributed by atoms with Crippen molar-refractivity contribution in [2.24, 2.45) is 0 Å². The average Bonchev–Trinajstić information content (AvgIpc) is 3.26. The standard InChI is InChI=1S/C20H18N4O2/c1-14-22-18-9-8-16(11-19(18)26-14)23-20(25)10-7-15-12-21-24(13-15)17-5-3-2-4-6-17/h2-6,8-9,11-13H,7,10H2,1H3,(H,23,25). The first-order valence-electron chi connectivity index (χ1n) is 8.43. The van der Waals surface area contributed by atoms with Crippen LogP contribution in [0.1, 0.15) is 17.9 Å². The number of hydrogen-bond donors (Lipinski definition) is 1. The molecule has 1 N–H and O–H groups in total. The third-order valence-electron chi connectivity index (χ3n) is 4.08. The maximum absolute atomic E-state index is 12.2. The number of carbonyl (C=O) groups excluding carboxylic acids is 1. The average molecular weight is 346 g/mol. The highest BCUT2D eigenvalue weighted by Crippen LogP contribution is 2.20. The van der Waals surface area contributed by atoms with Crippen molar-refractivity contribution in [3.05, 3.63) is 72.4 Å². The minimum Gasteiger partial charge on any atom is -0.441 e. The maximum atomic E-state index is 12.2. The lowest BCUT2D eigenvalue weighted by Crippen LogP contribution is -2.12. The van der Waals surface area contributed by atoms with Crippen LogP contribution in [0.5, 0.6) is 0 Å². The highest BCUT2D eigenvalue weighted by atomic mass is 16.3. The van der Waals surface area contributed by atoms with Gasteiger partial charge in [0.05, 0.1) is 11.9 Å². The van der Waals surface area contributed by atoms with Crippen LogP contribution < -0.4 is 5.32 Å². The summed E-state index contributed by atoms with van der Waals surface area (Å²) in [5, 5.41) is 7.25. The fourth-order valence-electron chi connectivity index (χ4n) is 2.81. The predicted molar refractivity (Wildman–Crippen MR) is 99.3 cm³/mol. The zero-order valence-electron chi connectivity index (χ0n) is 14.3. The van der Waals surface area contributed by atoms with Crippen LogP contribution in [0.3, 0.4) is 0 Å². The van der Waals surface area contributed by atoms with Gasteiger partial charge in [-0.05, 0) is 36.2 Å². The van der Waals surface area contributed by atoms with Gasteiger partial charge in [0, 0.05) is 31.3 Å². The number of amides is 1. The van der Waals surface area contributed by atoms with E-state index in [2.05, 4.69) is 15.4 Å². The van der Waals surface area contributed by atoms with Gasteiger partial charge in [0.25, 0.3) is 0 Å². The summed E-state index contributed by atoms with van der Waals surface area (Å²) in [4.78, 5) is 16.5. The lowest BCUT2D eigenvalue weighted by atomic mass is 10.2. The summed E-state index contributed by atoms with van der Waals surface area (Å²) < 4.78 is 7.30. The van der Waals surface area contributed by atoms with Crippen molar-refractivity contribution >= 4 is 22.7 Å². The first-order valence-corrected chi connectivity index (χ1v) is 8.43. The second-order valence-corrected chi connectivity index (χ2v) is 6.09. The van der Waals surface area contributed by atoms with Crippen molar-refractivity contribution < 1.29 is 9.21 Å². The van der Waals surface area contributed by atoms with Crippen LogP contribution in [0.25, 0.3) is 16.8 Å². The van der Waals surface area contributed by atoms with Gasteiger partial charge in [-0.15, -0.1) is 0 Å². The van der Waals surface area contributed by atoms with E-state index in [1.807, 2.05) is 53.3 Å². The number of rotatable bonds is 5. The molecular weight excluding hydrogens is 328 g/mol. The minimum absolute atomic E-state index is 0.0481. The molecule has 0 saturated heterocycles. The monoisotopic (exact) mass is 346 g/mol. The predicted octanol–water partition coefficient (Wildman–Crippen LogP) is 3.89. The fraction of sp³-hybridized carbons (Fsp3) is 0.150. The summed E-state index contributed by atoms with van der Waals surface area (Å²) >= 11 is 0. The number of para-hydroxylation sites is 1. The molecule has 1 amide bonds. The van der Waals surface area contributed by atoms with Crippen LogP contribution in [0, 0.1) is 6.92 Å². The highest BCUT2D eigenvalue weighted by Gasteiger charge is 2.08.